The van der Waals surface area contributed by atoms with Gasteiger partial charge >= 0.3 is 0 Å². The Labute approximate surface area is 109 Å². The first-order valence-corrected chi connectivity index (χ1v) is 7.64. The van der Waals surface area contributed by atoms with Crippen LogP contribution in [0.2, 0.25) is 0 Å². The highest BCUT2D eigenvalue weighted by atomic mass is 32.2. The van der Waals surface area contributed by atoms with Crippen LogP contribution in [0, 0.1) is 12.8 Å². The molecule has 2 N–H and O–H groups in total. The van der Waals surface area contributed by atoms with Crippen molar-refractivity contribution in [3.63, 3.8) is 0 Å². The SMILES string of the molecule is Cc1ccc(S(=O)(=O)N2CC(C)CC2C)cc1N. The van der Waals surface area contributed by atoms with Gasteiger partial charge in [0.05, 0.1) is 4.90 Å². The molecule has 2 rings (SSSR count). The van der Waals surface area contributed by atoms with Gasteiger partial charge in [0.1, 0.15) is 0 Å². The molecule has 1 saturated heterocycles. The highest BCUT2D eigenvalue weighted by molar-refractivity contribution is 7.89. The van der Waals surface area contributed by atoms with E-state index in [1.165, 1.54) is 0 Å². The van der Waals surface area contributed by atoms with E-state index in [4.69, 9.17) is 5.73 Å². The fraction of sp³-hybridized carbons (Fsp3) is 0.538. The molecule has 1 aliphatic rings. The molecule has 0 bridgehead atoms. The first kappa shape index (κ1) is 13.4. The molecule has 18 heavy (non-hydrogen) atoms. The largest absolute Gasteiger partial charge is 0.398 e. The number of rotatable bonds is 2. The van der Waals surface area contributed by atoms with Crippen molar-refractivity contribution in [2.75, 3.05) is 12.3 Å². The Morgan fingerprint density at radius 1 is 1.33 bits per heavy atom. The number of benzene rings is 1. The molecule has 0 aromatic heterocycles. The summed E-state index contributed by atoms with van der Waals surface area (Å²) in [4.78, 5) is 0.298. The first-order valence-electron chi connectivity index (χ1n) is 6.20. The lowest BCUT2D eigenvalue weighted by atomic mass is 10.1. The maximum absolute atomic E-state index is 12.5. The Kier molecular flexibility index (Phi) is 3.38. The van der Waals surface area contributed by atoms with Crippen LogP contribution in [0.3, 0.4) is 0 Å². The van der Waals surface area contributed by atoms with Gasteiger partial charge in [-0.1, -0.05) is 13.0 Å². The van der Waals surface area contributed by atoms with Crippen LogP contribution >= 0.6 is 0 Å². The van der Waals surface area contributed by atoms with Crippen LogP contribution in [0.15, 0.2) is 23.1 Å². The van der Waals surface area contributed by atoms with Gasteiger partial charge < -0.3 is 5.73 Å². The van der Waals surface area contributed by atoms with Crippen LogP contribution in [-0.2, 0) is 10.0 Å². The average Bonchev–Trinajstić information content (AvgIpc) is 2.62. The molecule has 4 nitrogen and oxygen atoms in total. The molecular formula is C13H20N2O2S. The van der Waals surface area contributed by atoms with E-state index in [9.17, 15) is 8.42 Å². The zero-order valence-corrected chi connectivity index (χ0v) is 11.9. The topological polar surface area (TPSA) is 63.4 Å². The van der Waals surface area contributed by atoms with Gasteiger partial charge in [-0.15, -0.1) is 0 Å². The van der Waals surface area contributed by atoms with Crippen molar-refractivity contribution in [3.8, 4) is 0 Å². The molecule has 1 aromatic carbocycles. The molecule has 2 atom stereocenters. The van der Waals surface area contributed by atoms with E-state index >= 15 is 0 Å². The number of hydrogen-bond acceptors (Lipinski definition) is 3. The normalized spacial score (nSPS) is 25.5. The molecule has 1 heterocycles. The third kappa shape index (κ3) is 2.24. The standard InChI is InChI=1S/C13H20N2O2S/c1-9-6-11(3)15(8-9)18(16,17)12-5-4-10(2)13(14)7-12/h4-5,7,9,11H,6,8,14H2,1-3H3. The second kappa shape index (κ2) is 4.55. The summed E-state index contributed by atoms with van der Waals surface area (Å²) in [7, 11) is -3.41. The molecular weight excluding hydrogens is 248 g/mol. The molecule has 0 spiro atoms. The van der Waals surface area contributed by atoms with E-state index < -0.39 is 10.0 Å². The van der Waals surface area contributed by atoms with Crippen molar-refractivity contribution in [1.82, 2.24) is 4.31 Å². The highest BCUT2D eigenvalue weighted by Crippen LogP contribution is 2.30. The van der Waals surface area contributed by atoms with Crippen LogP contribution < -0.4 is 5.73 Å². The quantitative estimate of drug-likeness (QED) is 0.834. The van der Waals surface area contributed by atoms with Gasteiger partial charge in [-0.05, 0) is 43.9 Å². The second-order valence-electron chi connectivity index (χ2n) is 5.28. The number of hydrogen-bond donors (Lipinski definition) is 1. The molecule has 1 fully saturated rings. The van der Waals surface area contributed by atoms with E-state index in [1.807, 2.05) is 13.8 Å². The lowest BCUT2D eigenvalue weighted by Crippen LogP contribution is -2.34. The summed E-state index contributed by atoms with van der Waals surface area (Å²) in [6.07, 6.45) is 0.917. The van der Waals surface area contributed by atoms with Gasteiger partial charge in [0.15, 0.2) is 0 Å². The number of sulfonamides is 1. The maximum Gasteiger partial charge on any atom is 0.243 e. The Morgan fingerprint density at radius 2 is 2.00 bits per heavy atom. The molecule has 5 heteroatoms. The van der Waals surface area contributed by atoms with Crippen molar-refractivity contribution in [3.05, 3.63) is 23.8 Å². The average molecular weight is 268 g/mol. The van der Waals surface area contributed by atoms with Crippen LogP contribution in [0.5, 0.6) is 0 Å². The predicted octanol–water partition coefficient (Wildman–Crippen LogP) is 2.00. The van der Waals surface area contributed by atoms with Gasteiger partial charge in [-0.2, -0.15) is 4.31 Å². The van der Waals surface area contributed by atoms with Gasteiger partial charge in [-0.3, -0.25) is 0 Å². The van der Waals surface area contributed by atoms with Crippen molar-refractivity contribution in [1.29, 1.82) is 0 Å². The molecule has 0 amide bonds. The fourth-order valence-corrected chi connectivity index (χ4v) is 4.31. The lowest BCUT2D eigenvalue weighted by Gasteiger charge is -2.21. The molecule has 1 aromatic rings. The van der Waals surface area contributed by atoms with Gasteiger partial charge in [-0.25, -0.2) is 8.42 Å². The predicted molar refractivity (Wildman–Crippen MR) is 72.7 cm³/mol. The Balaban J connectivity index is 2.39. The van der Waals surface area contributed by atoms with E-state index in [0.717, 1.165) is 12.0 Å². The van der Waals surface area contributed by atoms with Crippen molar-refractivity contribution in [2.45, 2.75) is 38.1 Å². The molecule has 0 aliphatic carbocycles. The van der Waals surface area contributed by atoms with E-state index in [2.05, 4.69) is 6.92 Å². The number of nitrogen functional groups attached to an aromatic ring is 1. The number of aryl methyl sites for hydroxylation is 1. The van der Waals surface area contributed by atoms with Crippen molar-refractivity contribution < 1.29 is 8.42 Å². The number of anilines is 1. The van der Waals surface area contributed by atoms with Crippen LogP contribution in [0.4, 0.5) is 5.69 Å². The monoisotopic (exact) mass is 268 g/mol. The number of nitrogens with two attached hydrogens (primary N) is 1. The zero-order chi connectivity index (χ0) is 13.5. The summed E-state index contributed by atoms with van der Waals surface area (Å²) in [5.41, 5.74) is 7.22. The fourth-order valence-electron chi connectivity index (χ4n) is 2.51. The first-order chi connectivity index (χ1) is 8.32. The van der Waals surface area contributed by atoms with Crippen molar-refractivity contribution in [2.24, 2.45) is 5.92 Å². The number of nitrogens with zero attached hydrogens (tertiary/aromatic N) is 1. The third-order valence-corrected chi connectivity index (χ3v) is 5.56. The Morgan fingerprint density at radius 3 is 2.50 bits per heavy atom. The summed E-state index contributed by atoms with van der Waals surface area (Å²) < 4.78 is 26.6. The molecule has 1 aliphatic heterocycles. The second-order valence-corrected chi connectivity index (χ2v) is 7.17. The van der Waals surface area contributed by atoms with Gasteiger partial charge in [0, 0.05) is 18.3 Å². The summed E-state index contributed by atoms with van der Waals surface area (Å²) in [5.74, 6) is 0.414. The third-order valence-electron chi connectivity index (χ3n) is 3.58. The van der Waals surface area contributed by atoms with E-state index in [0.29, 0.717) is 23.0 Å². The minimum atomic E-state index is -3.41. The lowest BCUT2D eigenvalue weighted by molar-refractivity contribution is 0.405. The summed E-state index contributed by atoms with van der Waals surface area (Å²) >= 11 is 0. The van der Waals surface area contributed by atoms with E-state index in [-0.39, 0.29) is 6.04 Å². The molecule has 100 valence electrons. The maximum atomic E-state index is 12.5. The van der Waals surface area contributed by atoms with Crippen LogP contribution in [-0.4, -0.2) is 25.3 Å². The molecule has 2 unspecified atom stereocenters. The Bertz CT molecular complexity index is 554. The minimum absolute atomic E-state index is 0.0625. The zero-order valence-electron chi connectivity index (χ0n) is 11.1. The highest BCUT2D eigenvalue weighted by Gasteiger charge is 2.36. The van der Waals surface area contributed by atoms with Crippen molar-refractivity contribution >= 4 is 15.7 Å². The van der Waals surface area contributed by atoms with Gasteiger partial charge in [0.25, 0.3) is 0 Å². The van der Waals surface area contributed by atoms with Gasteiger partial charge in [0.2, 0.25) is 10.0 Å². The van der Waals surface area contributed by atoms with E-state index in [1.54, 1.807) is 22.5 Å². The van der Waals surface area contributed by atoms with Crippen LogP contribution in [0.25, 0.3) is 0 Å². The minimum Gasteiger partial charge on any atom is -0.398 e. The smallest absolute Gasteiger partial charge is 0.243 e. The summed E-state index contributed by atoms with van der Waals surface area (Å²) in [6.45, 7) is 6.50. The summed E-state index contributed by atoms with van der Waals surface area (Å²) in [6, 6.07) is 5.01. The molecule has 0 radical (unpaired) electrons. The molecule has 0 saturated carbocycles. The van der Waals surface area contributed by atoms with Crippen LogP contribution in [0.1, 0.15) is 25.8 Å². The Hall–Kier alpha value is -1.07. The summed E-state index contributed by atoms with van der Waals surface area (Å²) in [5, 5.41) is 0.